The van der Waals surface area contributed by atoms with E-state index in [4.69, 9.17) is 0 Å². The van der Waals surface area contributed by atoms with Crippen LogP contribution in [-0.4, -0.2) is 4.57 Å². The number of benzene rings is 10. The maximum Gasteiger partial charge on any atom is 0.0561 e. The lowest BCUT2D eigenvalue weighted by molar-refractivity contribution is 1.18. The summed E-state index contributed by atoms with van der Waals surface area (Å²) in [6.07, 6.45) is 0. The Bertz CT molecular complexity index is 3280. The van der Waals surface area contributed by atoms with Gasteiger partial charge in [0.25, 0.3) is 0 Å². The number of hydrogen-bond donors (Lipinski definition) is 0. The fraction of sp³-hybridized carbons (Fsp3) is 0. The first-order valence-corrected chi connectivity index (χ1v) is 19.9. The number of anilines is 3. The molecule has 0 fully saturated rings. The van der Waals surface area contributed by atoms with E-state index in [1.165, 1.54) is 71.2 Å². The Morgan fingerprint density at radius 2 is 0.914 bits per heavy atom. The zero-order valence-corrected chi connectivity index (χ0v) is 31.8. The summed E-state index contributed by atoms with van der Waals surface area (Å²) in [4.78, 5) is 2.46. The molecule has 0 saturated heterocycles. The van der Waals surface area contributed by atoms with E-state index in [1.807, 2.05) is 0 Å². The Morgan fingerprint density at radius 1 is 0.293 bits per heavy atom. The number of rotatable bonds is 7. The number of aromatic nitrogens is 1. The van der Waals surface area contributed by atoms with Crippen molar-refractivity contribution in [3.8, 4) is 39.1 Å². The maximum atomic E-state index is 2.46. The topological polar surface area (TPSA) is 8.17 Å². The molecule has 0 saturated carbocycles. The first-order valence-electron chi connectivity index (χ1n) is 19.9. The van der Waals surface area contributed by atoms with Crippen molar-refractivity contribution >= 4 is 60.4 Å². The quantitative estimate of drug-likeness (QED) is 0.158. The third kappa shape index (κ3) is 5.74. The Labute approximate surface area is 338 Å². The van der Waals surface area contributed by atoms with Gasteiger partial charge in [-0.15, -0.1) is 0 Å². The molecule has 0 amide bonds. The van der Waals surface area contributed by atoms with Crippen LogP contribution in [-0.2, 0) is 0 Å². The summed E-state index contributed by atoms with van der Waals surface area (Å²) in [5.41, 5.74) is 13.9. The maximum absolute atomic E-state index is 2.46. The monoisotopic (exact) mass is 738 g/mol. The number of nitrogens with zero attached hydrogens (tertiary/aromatic N) is 2. The van der Waals surface area contributed by atoms with E-state index in [0.717, 1.165) is 28.3 Å². The molecule has 11 rings (SSSR count). The zero-order valence-electron chi connectivity index (χ0n) is 31.8. The first kappa shape index (κ1) is 33.6. The third-order valence-corrected chi connectivity index (χ3v) is 11.6. The van der Waals surface area contributed by atoms with Gasteiger partial charge in [-0.1, -0.05) is 176 Å². The highest BCUT2D eigenvalue weighted by Crippen LogP contribution is 2.46. The highest BCUT2D eigenvalue weighted by Gasteiger charge is 2.22. The molecular formula is C56H38N2. The zero-order chi connectivity index (χ0) is 38.4. The van der Waals surface area contributed by atoms with Crippen molar-refractivity contribution in [1.29, 1.82) is 0 Å². The molecule has 1 aromatic heterocycles. The van der Waals surface area contributed by atoms with Gasteiger partial charge in [-0.05, 0) is 104 Å². The largest absolute Gasteiger partial charge is 0.310 e. The van der Waals surface area contributed by atoms with Crippen LogP contribution in [0.5, 0.6) is 0 Å². The summed E-state index contributed by atoms with van der Waals surface area (Å²) >= 11 is 0. The van der Waals surface area contributed by atoms with Gasteiger partial charge in [0.1, 0.15) is 0 Å². The predicted molar refractivity (Wildman–Crippen MR) is 247 cm³/mol. The van der Waals surface area contributed by atoms with Crippen LogP contribution in [0.3, 0.4) is 0 Å². The van der Waals surface area contributed by atoms with Crippen LogP contribution < -0.4 is 4.90 Å². The smallest absolute Gasteiger partial charge is 0.0561 e. The van der Waals surface area contributed by atoms with Gasteiger partial charge in [0.05, 0.1) is 16.7 Å². The van der Waals surface area contributed by atoms with E-state index in [2.05, 4.69) is 240 Å². The molecule has 0 unspecified atom stereocenters. The summed E-state index contributed by atoms with van der Waals surface area (Å²) in [5, 5.41) is 7.39. The van der Waals surface area contributed by atoms with Crippen molar-refractivity contribution in [2.45, 2.75) is 0 Å². The van der Waals surface area contributed by atoms with E-state index < -0.39 is 0 Å². The van der Waals surface area contributed by atoms with Crippen molar-refractivity contribution < 1.29 is 0 Å². The highest BCUT2D eigenvalue weighted by molar-refractivity contribution is 6.11. The average molecular weight is 739 g/mol. The molecule has 2 heteroatoms. The molecule has 0 N–H and O–H groups in total. The van der Waals surface area contributed by atoms with Crippen molar-refractivity contribution in [2.24, 2.45) is 0 Å². The standard InChI is InChI=1S/C56H38N2/c1-3-17-41(18-4-1)53-37-45(32-34-48(53)43-31-30-39-16-7-8-20-42(39)36-43)57(54-28-13-11-25-50(54)49-27-15-21-40-19-9-10-24-47(40)49)46-33-35-52-51-26-12-14-29-55(51)58(56(52)38-46)44-22-5-2-6-23-44/h1-38H. The lowest BCUT2D eigenvalue weighted by Gasteiger charge is -2.29. The van der Waals surface area contributed by atoms with Gasteiger partial charge in [-0.25, -0.2) is 0 Å². The molecule has 11 aromatic rings. The van der Waals surface area contributed by atoms with Crippen LogP contribution in [0.25, 0.3) is 82.4 Å². The second kappa shape index (κ2) is 14.1. The van der Waals surface area contributed by atoms with Crippen LogP contribution in [0, 0.1) is 0 Å². The van der Waals surface area contributed by atoms with Gasteiger partial charge in [0.2, 0.25) is 0 Å². The average Bonchev–Trinajstić information content (AvgIpc) is 3.63. The first-order chi connectivity index (χ1) is 28.8. The van der Waals surface area contributed by atoms with E-state index in [0.29, 0.717) is 0 Å². The van der Waals surface area contributed by atoms with Crippen molar-refractivity contribution in [2.75, 3.05) is 4.90 Å². The Balaban J connectivity index is 1.19. The normalized spacial score (nSPS) is 11.4. The van der Waals surface area contributed by atoms with Crippen LogP contribution in [0.1, 0.15) is 0 Å². The van der Waals surface area contributed by atoms with Crippen LogP contribution in [0.4, 0.5) is 17.1 Å². The summed E-state index contributed by atoms with van der Waals surface area (Å²) < 4.78 is 2.40. The van der Waals surface area contributed by atoms with E-state index in [-0.39, 0.29) is 0 Å². The molecule has 0 aliphatic rings. The molecule has 272 valence electrons. The minimum atomic E-state index is 1.08. The fourth-order valence-corrected chi connectivity index (χ4v) is 8.87. The molecule has 0 atom stereocenters. The molecule has 58 heavy (non-hydrogen) atoms. The molecular weight excluding hydrogens is 701 g/mol. The number of fused-ring (bicyclic) bond motifs is 5. The van der Waals surface area contributed by atoms with Crippen LogP contribution >= 0.6 is 0 Å². The molecule has 0 bridgehead atoms. The molecule has 10 aromatic carbocycles. The summed E-state index contributed by atoms with van der Waals surface area (Å²) in [7, 11) is 0. The predicted octanol–water partition coefficient (Wildman–Crippen LogP) is 15.6. The molecule has 0 aliphatic heterocycles. The lowest BCUT2D eigenvalue weighted by Crippen LogP contribution is -2.12. The Kier molecular flexibility index (Phi) is 8.19. The Hall–Kier alpha value is -7.68. The van der Waals surface area contributed by atoms with Crippen molar-refractivity contribution in [3.05, 3.63) is 231 Å². The van der Waals surface area contributed by atoms with Gasteiger partial charge in [-0.3, -0.25) is 0 Å². The number of hydrogen-bond acceptors (Lipinski definition) is 1. The van der Waals surface area contributed by atoms with Gasteiger partial charge >= 0.3 is 0 Å². The second-order valence-corrected chi connectivity index (χ2v) is 14.9. The molecule has 2 nitrogen and oxygen atoms in total. The minimum Gasteiger partial charge on any atom is -0.310 e. The van der Waals surface area contributed by atoms with Crippen LogP contribution in [0.2, 0.25) is 0 Å². The van der Waals surface area contributed by atoms with Crippen LogP contribution in [0.15, 0.2) is 231 Å². The lowest BCUT2D eigenvalue weighted by atomic mass is 9.92. The van der Waals surface area contributed by atoms with E-state index in [1.54, 1.807) is 0 Å². The molecule has 0 radical (unpaired) electrons. The van der Waals surface area contributed by atoms with Gasteiger partial charge in [0, 0.05) is 33.4 Å². The van der Waals surface area contributed by atoms with Crippen molar-refractivity contribution in [1.82, 2.24) is 4.57 Å². The molecule has 0 spiro atoms. The molecule has 0 aliphatic carbocycles. The molecule has 1 heterocycles. The van der Waals surface area contributed by atoms with Gasteiger partial charge in [0.15, 0.2) is 0 Å². The minimum absolute atomic E-state index is 1.08. The summed E-state index contributed by atoms with van der Waals surface area (Å²) in [6.45, 7) is 0. The number of para-hydroxylation sites is 3. The Morgan fingerprint density at radius 3 is 1.78 bits per heavy atom. The van der Waals surface area contributed by atoms with Crippen molar-refractivity contribution in [3.63, 3.8) is 0 Å². The van der Waals surface area contributed by atoms with Gasteiger partial charge < -0.3 is 9.47 Å². The third-order valence-electron chi connectivity index (χ3n) is 11.6. The van der Waals surface area contributed by atoms with E-state index >= 15 is 0 Å². The highest BCUT2D eigenvalue weighted by atomic mass is 15.1. The second-order valence-electron chi connectivity index (χ2n) is 14.9. The summed E-state index contributed by atoms with van der Waals surface area (Å²) in [5.74, 6) is 0. The van der Waals surface area contributed by atoms with Gasteiger partial charge in [-0.2, -0.15) is 0 Å². The fourth-order valence-electron chi connectivity index (χ4n) is 8.87. The SMILES string of the molecule is c1ccc(-c2cc(N(c3ccc4c5ccccc5n(-c5ccccc5)c4c3)c3ccccc3-c3cccc4ccccc34)ccc2-c2ccc3ccccc3c2)cc1. The summed E-state index contributed by atoms with van der Waals surface area (Å²) in [6, 6.07) is 83.9. The van der Waals surface area contributed by atoms with E-state index in [9.17, 15) is 0 Å².